The summed E-state index contributed by atoms with van der Waals surface area (Å²) in [5, 5.41) is 0.622. The number of amides is 1. The Labute approximate surface area is 252 Å². The summed E-state index contributed by atoms with van der Waals surface area (Å²) in [4.78, 5) is 51.0. The lowest BCUT2D eigenvalue weighted by atomic mass is 10.1. The number of likely N-dealkylation sites (tertiary alicyclic amines) is 1. The van der Waals surface area contributed by atoms with Crippen LogP contribution < -0.4 is 15.0 Å². The van der Waals surface area contributed by atoms with Crippen LogP contribution in [0.25, 0.3) is 10.3 Å². The topological polar surface area (TPSA) is 122 Å². The lowest BCUT2D eigenvalue weighted by Crippen LogP contribution is -2.32. The number of hydrogen-bond donors (Lipinski definition) is 0. The monoisotopic (exact) mass is 604 g/mol. The van der Waals surface area contributed by atoms with E-state index in [-0.39, 0.29) is 30.3 Å². The molecule has 224 valence electrons. The molecule has 3 heterocycles. The summed E-state index contributed by atoms with van der Waals surface area (Å²) in [6.07, 6.45) is 2.17. The molecule has 2 aromatic heterocycles. The molecule has 0 radical (unpaired) electrons. The van der Waals surface area contributed by atoms with Gasteiger partial charge in [-0.3, -0.25) is 19.1 Å². The molecule has 1 atom stereocenters. The molecule has 2 aliphatic rings. The van der Waals surface area contributed by atoms with Crippen molar-refractivity contribution in [2.45, 2.75) is 57.4 Å². The van der Waals surface area contributed by atoms with Crippen LogP contribution >= 0.6 is 11.3 Å². The van der Waals surface area contributed by atoms with Gasteiger partial charge in [0.15, 0.2) is 21.8 Å². The van der Waals surface area contributed by atoms with Crippen molar-refractivity contribution in [2.24, 2.45) is 0 Å². The highest BCUT2D eigenvalue weighted by Gasteiger charge is 2.52. The lowest BCUT2D eigenvalue weighted by Gasteiger charge is -2.22. The normalized spacial score (nSPS) is 17.1. The van der Waals surface area contributed by atoms with Crippen LogP contribution in [0.4, 0.5) is 4.79 Å². The molecule has 2 fully saturated rings. The summed E-state index contributed by atoms with van der Waals surface area (Å²) >= 11 is 1.28. The van der Waals surface area contributed by atoms with Gasteiger partial charge in [-0.15, -0.1) is 0 Å². The molecule has 6 rings (SSSR count). The molecule has 1 amide bonds. The number of fused-ring (bicyclic) bond motifs is 1. The molecule has 1 aliphatic heterocycles. The van der Waals surface area contributed by atoms with E-state index in [0.717, 1.165) is 17.5 Å². The van der Waals surface area contributed by atoms with E-state index in [1.54, 1.807) is 31.3 Å². The Morgan fingerprint density at radius 1 is 1.07 bits per heavy atom. The maximum atomic E-state index is 14.1. The summed E-state index contributed by atoms with van der Waals surface area (Å²) in [5.41, 5.74) is 0.502. The van der Waals surface area contributed by atoms with Crippen molar-refractivity contribution >= 4 is 33.7 Å². The Morgan fingerprint density at radius 2 is 1.86 bits per heavy atom. The second kappa shape index (κ2) is 11.7. The van der Waals surface area contributed by atoms with Gasteiger partial charge in [0.1, 0.15) is 23.1 Å². The van der Waals surface area contributed by atoms with E-state index in [0.29, 0.717) is 53.0 Å². The van der Waals surface area contributed by atoms with Crippen molar-refractivity contribution in [3.05, 3.63) is 80.8 Å². The second-order valence-corrected chi connectivity index (χ2v) is 11.7. The molecule has 4 aromatic rings. The lowest BCUT2D eigenvalue weighted by molar-refractivity contribution is -0.149. The smallest absolute Gasteiger partial charge is 0.410 e. The molecule has 43 heavy (non-hydrogen) atoms. The van der Waals surface area contributed by atoms with Gasteiger partial charge in [0, 0.05) is 25.1 Å². The van der Waals surface area contributed by atoms with Gasteiger partial charge in [-0.2, -0.15) is 0 Å². The highest BCUT2D eigenvalue weighted by Crippen LogP contribution is 2.49. The highest BCUT2D eigenvalue weighted by atomic mass is 32.1. The largest absolute Gasteiger partial charge is 0.497 e. The molecule has 1 saturated carbocycles. The van der Waals surface area contributed by atoms with Crippen molar-refractivity contribution in [3.63, 3.8) is 0 Å². The SMILES string of the molecule is COc1ccc(Cn2c(C3(OC(C)=O)CC3)nc3sc([C@H]4CCCN4C(=O)OCc4ccccc4)nc3c2=O)c(OC)c1. The minimum atomic E-state index is -0.982. The maximum Gasteiger partial charge on any atom is 0.410 e. The minimum absolute atomic E-state index is 0.127. The Kier molecular flexibility index (Phi) is 7.78. The first-order valence-corrected chi connectivity index (χ1v) is 14.9. The minimum Gasteiger partial charge on any atom is -0.497 e. The zero-order valence-corrected chi connectivity index (χ0v) is 25.0. The van der Waals surface area contributed by atoms with Crippen LogP contribution in [-0.2, 0) is 33.0 Å². The second-order valence-electron chi connectivity index (χ2n) is 10.7. The number of rotatable bonds is 9. The van der Waals surface area contributed by atoms with Crippen LogP contribution in [0.2, 0.25) is 0 Å². The number of benzene rings is 2. The summed E-state index contributed by atoms with van der Waals surface area (Å²) in [6.45, 7) is 2.18. The van der Waals surface area contributed by atoms with E-state index in [1.165, 1.54) is 22.8 Å². The quantitative estimate of drug-likeness (QED) is 0.244. The Morgan fingerprint density at radius 3 is 2.56 bits per heavy atom. The standard InChI is InChI=1S/C31H32N4O7S/c1-19(36)42-31(13-14-31)29-33-27-25(28(37)35(29)17-21-11-12-22(39-2)16-24(21)40-3)32-26(43-27)23-10-7-15-34(23)30(38)41-18-20-8-5-4-6-9-20/h4-6,8-9,11-12,16,23H,7,10,13-15,17-18H2,1-3H3/t23-/m1/s1. The molecular weight excluding hydrogens is 572 g/mol. The van der Waals surface area contributed by atoms with Gasteiger partial charge >= 0.3 is 12.1 Å². The van der Waals surface area contributed by atoms with E-state index < -0.39 is 17.7 Å². The van der Waals surface area contributed by atoms with E-state index in [9.17, 15) is 14.4 Å². The number of methoxy groups -OCH3 is 2. The van der Waals surface area contributed by atoms with E-state index in [2.05, 4.69) is 0 Å². The van der Waals surface area contributed by atoms with Crippen molar-refractivity contribution in [3.8, 4) is 11.5 Å². The number of ether oxygens (including phenoxy) is 4. The fourth-order valence-electron chi connectivity index (χ4n) is 5.52. The van der Waals surface area contributed by atoms with Gasteiger partial charge in [0.2, 0.25) is 0 Å². The average molecular weight is 605 g/mol. The third kappa shape index (κ3) is 5.66. The van der Waals surface area contributed by atoms with Crippen molar-refractivity contribution in [1.82, 2.24) is 19.4 Å². The van der Waals surface area contributed by atoms with Gasteiger partial charge in [0.05, 0.1) is 26.8 Å². The fraction of sp³-hybridized carbons (Fsp3) is 0.387. The first-order chi connectivity index (χ1) is 20.8. The number of carbonyl (C=O) groups is 2. The maximum absolute atomic E-state index is 14.1. The van der Waals surface area contributed by atoms with Crippen LogP contribution in [-0.4, -0.2) is 52.3 Å². The Balaban J connectivity index is 1.36. The van der Waals surface area contributed by atoms with Gasteiger partial charge in [-0.05, 0) is 43.4 Å². The number of aromatic nitrogens is 3. The molecule has 0 N–H and O–H groups in total. The molecule has 0 unspecified atom stereocenters. The third-order valence-corrected chi connectivity index (χ3v) is 8.84. The predicted molar refractivity (Wildman–Crippen MR) is 158 cm³/mol. The van der Waals surface area contributed by atoms with Crippen molar-refractivity contribution in [2.75, 3.05) is 20.8 Å². The van der Waals surface area contributed by atoms with E-state index in [4.69, 9.17) is 28.9 Å². The van der Waals surface area contributed by atoms with Gasteiger partial charge in [-0.25, -0.2) is 14.8 Å². The number of esters is 1. The molecular formula is C31H32N4O7S. The van der Waals surface area contributed by atoms with Crippen LogP contribution in [0.3, 0.4) is 0 Å². The molecule has 0 bridgehead atoms. The predicted octanol–water partition coefficient (Wildman–Crippen LogP) is 4.94. The zero-order valence-electron chi connectivity index (χ0n) is 24.2. The zero-order chi connectivity index (χ0) is 30.1. The third-order valence-electron chi connectivity index (χ3n) is 7.79. The summed E-state index contributed by atoms with van der Waals surface area (Å²) in [6, 6.07) is 14.5. The first-order valence-electron chi connectivity index (χ1n) is 14.1. The summed E-state index contributed by atoms with van der Waals surface area (Å²) in [5.74, 6) is 1.09. The molecule has 1 saturated heterocycles. The average Bonchev–Trinajstić information content (AvgIpc) is 3.40. The van der Waals surface area contributed by atoms with Crippen LogP contribution in [0.1, 0.15) is 60.6 Å². The van der Waals surface area contributed by atoms with Crippen LogP contribution in [0, 0.1) is 0 Å². The van der Waals surface area contributed by atoms with Gasteiger partial charge in [-0.1, -0.05) is 41.7 Å². The van der Waals surface area contributed by atoms with Crippen LogP contribution in [0.15, 0.2) is 53.3 Å². The number of nitrogens with zero attached hydrogens (tertiary/aromatic N) is 4. The molecule has 0 spiro atoms. The number of thiazole rings is 1. The molecule has 12 heteroatoms. The molecule has 11 nitrogen and oxygen atoms in total. The molecule has 1 aliphatic carbocycles. The highest BCUT2D eigenvalue weighted by molar-refractivity contribution is 7.18. The van der Waals surface area contributed by atoms with Crippen molar-refractivity contribution in [1.29, 1.82) is 0 Å². The van der Waals surface area contributed by atoms with E-state index in [1.807, 2.05) is 36.4 Å². The Hall–Kier alpha value is -4.45. The van der Waals surface area contributed by atoms with E-state index >= 15 is 0 Å². The van der Waals surface area contributed by atoms with Crippen molar-refractivity contribution < 1.29 is 28.5 Å². The fourth-order valence-corrected chi connectivity index (χ4v) is 6.60. The number of carbonyl (C=O) groups excluding carboxylic acids is 2. The molecule has 2 aromatic carbocycles. The number of hydrogen-bond acceptors (Lipinski definition) is 10. The van der Waals surface area contributed by atoms with Gasteiger partial charge < -0.3 is 18.9 Å². The summed E-state index contributed by atoms with van der Waals surface area (Å²) < 4.78 is 23.8. The Bertz CT molecular complexity index is 1730. The first kappa shape index (κ1) is 28.7. The summed E-state index contributed by atoms with van der Waals surface area (Å²) in [7, 11) is 3.12. The van der Waals surface area contributed by atoms with Crippen LogP contribution in [0.5, 0.6) is 11.5 Å². The van der Waals surface area contributed by atoms with Gasteiger partial charge in [0.25, 0.3) is 5.56 Å².